The van der Waals surface area contributed by atoms with E-state index >= 15 is 0 Å². The highest BCUT2D eigenvalue weighted by atomic mass is 35.5. The average molecular weight is 551 g/mol. The quantitative estimate of drug-likeness (QED) is 0.236. The number of hydrogen-bond donors (Lipinski definition) is 0. The van der Waals surface area contributed by atoms with E-state index in [1.807, 2.05) is 60.9 Å². The monoisotopic (exact) mass is 550 g/mol. The summed E-state index contributed by atoms with van der Waals surface area (Å²) >= 11 is 9.00. The molecule has 0 bridgehead atoms. The molecule has 1 atom stereocenters. The summed E-state index contributed by atoms with van der Waals surface area (Å²) < 4.78 is 13.4. The second-order valence-electron chi connectivity index (χ2n) is 8.29. The lowest BCUT2D eigenvalue weighted by Crippen LogP contribution is -2.39. The lowest BCUT2D eigenvalue weighted by atomic mass is 9.96. The van der Waals surface area contributed by atoms with Gasteiger partial charge in [0.15, 0.2) is 4.80 Å². The van der Waals surface area contributed by atoms with Crippen molar-refractivity contribution in [3.8, 4) is 11.3 Å². The van der Waals surface area contributed by atoms with Crippen LogP contribution >= 0.6 is 34.7 Å². The van der Waals surface area contributed by atoms with Gasteiger partial charge in [-0.3, -0.25) is 9.36 Å². The van der Waals surface area contributed by atoms with Crippen LogP contribution in [0.2, 0.25) is 5.02 Å². The molecule has 1 aliphatic heterocycles. The van der Waals surface area contributed by atoms with Gasteiger partial charge in [0, 0.05) is 21.6 Å². The Morgan fingerprint density at radius 1 is 1.22 bits per heavy atom. The minimum Gasteiger partial charge on any atom is -0.463 e. The first-order chi connectivity index (χ1) is 17.9. The Morgan fingerprint density at radius 2 is 2.00 bits per heavy atom. The molecule has 2 aromatic heterocycles. The first kappa shape index (κ1) is 25.3. The van der Waals surface area contributed by atoms with Gasteiger partial charge >= 0.3 is 5.97 Å². The molecule has 6 nitrogen and oxygen atoms in total. The maximum atomic E-state index is 13.7. The number of furan rings is 1. The van der Waals surface area contributed by atoms with Crippen LogP contribution in [-0.4, -0.2) is 23.4 Å². The van der Waals surface area contributed by atoms with Gasteiger partial charge in [0.1, 0.15) is 11.5 Å². The molecule has 37 heavy (non-hydrogen) atoms. The molecule has 0 amide bonds. The predicted octanol–water partition coefficient (Wildman–Crippen LogP) is 5.43. The Kier molecular flexibility index (Phi) is 7.24. The molecule has 3 heterocycles. The van der Waals surface area contributed by atoms with Gasteiger partial charge in [-0.2, -0.15) is 0 Å². The van der Waals surface area contributed by atoms with Gasteiger partial charge in [0.25, 0.3) is 5.56 Å². The summed E-state index contributed by atoms with van der Waals surface area (Å²) in [6.07, 6.45) is 3.70. The van der Waals surface area contributed by atoms with Crippen molar-refractivity contribution < 1.29 is 13.9 Å². The number of fused-ring (bicyclic) bond motifs is 1. The molecule has 9 heteroatoms. The number of allylic oxidation sites excluding steroid dienone is 1. The highest BCUT2D eigenvalue weighted by Crippen LogP contribution is 2.32. The molecule has 0 radical (unpaired) electrons. The Morgan fingerprint density at radius 3 is 2.70 bits per heavy atom. The van der Waals surface area contributed by atoms with Gasteiger partial charge in [-0.25, -0.2) is 9.79 Å². The normalized spacial score (nSPS) is 15.5. The van der Waals surface area contributed by atoms with Gasteiger partial charge in [-0.1, -0.05) is 47.2 Å². The van der Waals surface area contributed by atoms with Crippen LogP contribution in [-0.2, 0) is 9.53 Å². The third kappa shape index (κ3) is 4.97. The van der Waals surface area contributed by atoms with Crippen LogP contribution in [0.5, 0.6) is 0 Å². The predicted molar refractivity (Wildman–Crippen MR) is 148 cm³/mol. The topological polar surface area (TPSA) is 73.8 Å². The second kappa shape index (κ2) is 10.6. The molecule has 0 aliphatic carbocycles. The van der Waals surface area contributed by atoms with E-state index in [2.05, 4.69) is 4.99 Å². The largest absolute Gasteiger partial charge is 0.463 e. The van der Waals surface area contributed by atoms with Crippen LogP contribution in [0.1, 0.15) is 31.2 Å². The molecule has 188 valence electrons. The molecule has 1 aliphatic rings. The third-order valence-electron chi connectivity index (χ3n) is 5.96. The van der Waals surface area contributed by atoms with E-state index in [9.17, 15) is 9.59 Å². The molecular weight excluding hydrogens is 528 g/mol. The van der Waals surface area contributed by atoms with E-state index in [4.69, 9.17) is 20.8 Å². The molecule has 2 aromatic carbocycles. The Bertz CT molecular complexity index is 1700. The maximum Gasteiger partial charge on any atom is 0.338 e. The fourth-order valence-corrected chi connectivity index (χ4v) is 5.87. The number of thioether (sulfide) groups is 1. The van der Waals surface area contributed by atoms with Crippen LogP contribution in [0, 0.1) is 0 Å². The summed E-state index contributed by atoms with van der Waals surface area (Å²) in [6.45, 7) is 3.76. The number of esters is 1. The first-order valence-electron chi connectivity index (χ1n) is 11.6. The van der Waals surface area contributed by atoms with Crippen LogP contribution in [0.3, 0.4) is 0 Å². The van der Waals surface area contributed by atoms with Crippen molar-refractivity contribution in [2.45, 2.75) is 24.8 Å². The molecule has 0 spiro atoms. The van der Waals surface area contributed by atoms with Gasteiger partial charge in [-0.05, 0) is 62.1 Å². The number of rotatable bonds is 6. The van der Waals surface area contributed by atoms with Crippen molar-refractivity contribution in [1.29, 1.82) is 0 Å². The molecule has 0 saturated heterocycles. The van der Waals surface area contributed by atoms with Gasteiger partial charge < -0.3 is 9.15 Å². The summed E-state index contributed by atoms with van der Waals surface area (Å²) in [5.41, 5.74) is 2.30. The Hall–Kier alpha value is -3.33. The number of hydrogen-bond acceptors (Lipinski definition) is 7. The van der Waals surface area contributed by atoms with Crippen molar-refractivity contribution in [3.63, 3.8) is 0 Å². The molecule has 0 N–H and O–H groups in total. The Labute approximate surface area is 226 Å². The highest BCUT2D eigenvalue weighted by Gasteiger charge is 2.33. The van der Waals surface area contributed by atoms with E-state index in [0.717, 1.165) is 16.0 Å². The number of nitrogens with zero attached hydrogens (tertiary/aromatic N) is 2. The summed E-state index contributed by atoms with van der Waals surface area (Å²) in [5, 5.41) is 0.613. The van der Waals surface area contributed by atoms with Gasteiger partial charge in [-0.15, -0.1) is 11.8 Å². The minimum absolute atomic E-state index is 0.228. The van der Waals surface area contributed by atoms with Crippen molar-refractivity contribution in [1.82, 2.24) is 4.57 Å². The fourth-order valence-electron chi connectivity index (χ4n) is 4.25. The second-order valence-corrected chi connectivity index (χ2v) is 10.6. The zero-order valence-electron chi connectivity index (χ0n) is 20.4. The van der Waals surface area contributed by atoms with E-state index < -0.39 is 12.0 Å². The fraction of sp³-hybridized carbons (Fsp3) is 0.179. The number of aromatic nitrogens is 1. The number of thiazole rings is 1. The Balaban J connectivity index is 1.63. The third-order valence-corrected chi connectivity index (χ3v) is 7.92. The van der Waals surface area contributed by atoms with Crippen molar-refractivity contribution in [3.05, 3.63) is 108 Å². The molecule has 5 rings (SSSR count). The average Bonchev–Trinajstić information content (AvgIpc) is 3.48. The lowest BCUT2D eigenvalue weighted by molar-refractivity contribution is -0.139. The molecule has 4 aromatic rings. The van der Waals surface area contributed by atoms with Gasteiger partial charge in [0.2, 0.25) is 0 Å². The van der Waals surface area contributed by atoms with E-state index in [1.54, 1.807) is 42.3 Å². The minimum atomic E-state index is -0.646. The van der Waals surface area contributed by atoms with Crippen LogP contribution in [0.4, 0.5) is 0 Å². The summed E-state index contributed by atoms with van der Waals surface area (Å²) in [4.78, 5) is 32.9. The number of benzene rings is 2. The summed E-state index contributed by atoms with van der Waals surface area (Å²) in [6, 6.07) is 18.2. The van der Waals surface area contributed by atoms with E-state index in [0.29, 0.717) is 37.1 Å². The van der Waals surface area contributed by atoms with Gasteiger partial charge in [0.05, 0.1) is 28.5 Å². The van der Waals surface area contributed by atoms with Crippen molar-refractivity contribution >= 4 is 46.7 Å². The maximum absolute atomic E-state index is 13.7. The van der Waals surface area contributed by atoms with Crippen LogP contribution in [0.25, 0.3) is 17.4 Å². The van der Waals surface area contributed by atoms with Crippen LogP contribution in [0.15, 0.2) is 91.0 Å². The molecule has 1 unspecified atom stereocenters. The van der Waals surface area contributed by atoms with Crippen molar-refractivity contribution in [2.24, 2.45) is 4.99 Å². The summed E-state index contributed by atoms with van der Waals surface area (Å²) in [5.74, 6) is 0.699. The van der Waals surface area contributed by atoms with E-state index in [1.165, 1.54) is 11.3 Å². The number of carbonyl (C=O) groups excluding carboxylic acids is 1. The lowest BCUT2D eigenvalue weighted by Gasteiger charge is -2.24. The molecular formula is C28H23ClN2O4S2. The first-order valence-corrected chi connectivity index (χ1v) is 14.0. The number of halogens is 1. The smallest absolute Gasteiger partial charge is 0.338 e. The zero-order chi connectivity index (χ0) is 26.1. The summed E-state index contributed by atoms with van der Waals surface area (Å²) in [7, 11) is 0. The number of ether oxygens (including phenoxy) is 1. The number of carbonyl (C=O) groups is 1. The van der Waals surface area contributed by atoms with E-state index in [-0.39, 0.29) is 12.2 Å². The molecule has 0 fully saturated rings. The molecule has 0 saturated carbocycles. The zero-order valence-corrected chi connectivity index (χ0v) is 22.7. The standard InChI is InChI=1S/C28H23ClN2O4S2/c1-4-34-27(33)24-16(2)30-28-31(25(24)17-8-11-21(36-3)12-9-17)26(32)23(37-28)15-20-10-13-22(35-20)18-6-5-7-19(29)14-18/h5-15,25H,4H2,1-3H3/b23-15-. The van der Waals surface area contributed by atoms with Crippen LogP contribution < -0.4 is 14.9 Å². The SMILES string of the molecule is CCOC(=O)C1=C(C)N=c2s/c(=C\c3ccc(-c4cccc(Cl)c4)o3)c(=O)n2C1c1ccc(SC)cc1. The highest BCUT2D eigenvalue weighted by molar-refractivity contribution is 7.98. The van der Waals surface area contributed by atoms with Crippen molar-refractivity contribution in [2.75, 3.05) is 12.9 Å².